The van der Waals surface area contributed by atoms with Crippen molar-refractivity contribution in [3.8, 4) is 17.2 Å². The fourth-order valence-electron chi connectivity index (χ4n) is 6.57. The molecule has 0 radical (unpaired) electrons. The van der Waals surface area contributed by atoms with Gasteiger partial charge in [-0.25, -0.2) is 9.59 Å². The van der Waals surface area contributed by atoms with Crippen molar-refractivity contribution in [3.05, 3.63) is 51.2 Å². The van der Waals surface area contributed by atoms with Crippen molar-refractivity contribution in [1.29, 1.82) is 0 Å². The highest BCUT2D eigenvalue weighted by Crippen LogP contribution is 2.46. The summed E-state index contributed by atoms with van der Waals surface area (Å²) in [6.07, 6.45) is -13.1. The fraction of sp³-hybridized carbons (Fsp3) is 0.438. The molecule has 47 heavy (non-hydrogen) atoms. The molecule has 0 saturated carbocycles. The summed E-state index contributed by atoms with van der Waals surface area (Å²) in [7, 11) is 2.66. The number of ether oxygens (including phenoxy) is 6. The second-order valence-electron chi connectivity index (χ2n) is 11.7. The number of benzene rings is 3. The second kappa shape index (κ2) is 11.6. The Hall–Kier alpha value is -4.06. The first-order valence-corrected chi connectivity index (χ1v) is 14.8. The number of rotatable bonds is 6. The molecule has 15 heteroatoms. The van der Waals surface area contributed by atoms with E-state index in [1.807, 2.05) is 0 Å². The van der Waals surface area contributed by atoms with Crippen molar-refractivity contribution in [1.82, 2.24) is 0 Å². The van der Waals surface area contributed by atoms with Crippen LogP contribution >= 0.6 is 0 Å². The number of phenols is 1. The van der Waals surface area contributed by atoms with Gasteiger partial charge in [0.25, 0.3) is 0 Å². The van der Waals surface area contributed by atoms with Crippen molar-refractivity contribution in [2.45, 2.75) is 75.3 Å². The molecule has 4 heterocycles. The minimum atomic E-state index is -1.62. The van der Waals surface area contributed by atoms with Crippen LogP contribution in [0.1, 0.15) is 13.8 Å². The van der Waals surface area contributed by atoms with E-state index in [9.17, 15) is 35.1 Å². The van der Waals surface area contributed by atoms with E-state index in [0.717, 1.165) is 0 Å². The zero-order valence-electron chi connectivity index (χ0n) is 25.5. The van der Waals surface area contributed by atoms with Crippen LogP contribution in [0.25, 0.3) is 43.5 Å². The van der Waals surface area contributed by atoms with Crippen LogP contribution in [0.5, 0.6) is 17.2 Å². The summed E-state index contributed by atoms with van der Waals surface area (Å²) in [6, 6.07) is 7.39. The van der Waals surface area contributed by atoms with Crippen molar-refractivity contribution in [2.24, 2.45) is 0 Å². The number of aliphatic hydroxyl groups is 4. The lowest BCUT2D eigenvalue weighted by molar-refractivity contribution is -0.353. The molecule has 5 N–H and O–H groups in total. The van der Waals surface area contributed by atoms with E-state index in [0.29, 0.717) is 0 Å². The number of phenolic OH excluding ortho intramolecular Hbond substituents is 1. The summed E-state index contributed by atoms with van der Waals surface area (Å²) < 4.78 is 45.8. The van der Waals surface area contributed by atoms with Gasteiger partial charge in [0, 0.05) is 23.3 Å². The Morgan fingerprint density at radius 1 is 0.681 bits per heavy atom. The number of fused-ring (bicyclic) bond motifs is 2. The highest BCUT2D eigenvalue weighted by molar-refractivity contribution is 6.29. The van der Waals surface area contributed by atoms with Gasteiger partial charge in [-0.2, -0.15) is 0 Å². The molecular weight excluding hydrogens is 624 g/mol. The standard InChI is InChI=1S/C32H32O15/c1-10-21(33)24(36)28(47-31-25(37)27(41-4)22(34)11(2)42-31)32(43-10)45-14-7-5-6-12-16(14)26-19-17-15(44-30(39)20(19)23(12)35)9-8-13(40-3)18(17)29(38)46-26/h5-11,21-22,24-25,27-28,31-37H,1-4H3/t10?,11?,21-,22-,24-,25+,27?,28?,31+,32-/m0/s1. The predicted molar refractivity (Wildman–Crippen MR) is 162 cm³/mol. The molecule has 2 saturated heterocycles. The first kappa shape index (κ1) is 31.5. The zero-order valence-corrected chi connectivity index (χ0v) is 25.5. The van der Waals surface area contributed by atoms with Crippen LogP contribution in [0.2, 0.25) is 0 Å². The third kappa shape index (κ3) is 4.73. The van der Waals surface area contributed by atoms with Crippen LogP contribution in [-0.2, 0) is 18.9 Å². The average Bonchev–Trinajstić information content (AvgIpc) is 3.05. The lowest BCUT2D eigenvalue weighted by Gasteiger charge is -2.46. The van der Waals surface area contributed by atoms with Gasteiger partial charge in [0.1, 0.15) is 64.1 Å². The van der Waals surface area contributed by atoms with Crippen LogP contribution in [0.4, 0.5) is 0 Å². The van der Waals surface area contributed by atoms with Crippen molar-refractivity contribution in [2.75, 3.05) is 14.2 Å². The number of hydrogen-bond donors (Lipinski definition) is 5. The number of methoxy groups -OCH3 is 2. The summed E-state index contributed by atoms with van der Waals surface area (Å²) in [5, 5.41) is 54.7. The van der Waals surface area contributed by atoms with Gasteiger partial charge in [0.2, 0.25) is 6.29 Å². The summed E-state index contributed by atoms with van der Waals surface area (Å²) in [5.74, 6) is -0.327. The third-order valence-corrected chi connectivity index (χ3v) is 9.00. The summed E-state index contributed by atoms with van der Waals surface area (Å²) >= 11 is 0. The highest BCUT2D eigenvalue weighted by Gasteiger charge is 2.50. The maximum absolute atomic E-state index is 13.4. The fourth-order valence-corrected chi connectivity index (χ4v) is 6.57. The maximum atomic E-state index is 13.4. The van der Waals surface area contributed by atoms with Crippen LogP contribution in [0.15, 0.2) is 48.8 Å². The van der Waals surface area contributed by atoms with Crippen LogP contribution < -0.4 is 20.7 Å². The van der Waals surface area contributed by atoms with E-state index in [2.05, 4.69) is 0 Å². The largest absolute Gasteiger partial charge is 0.506 e. The van der Waals surface area contributed by atoms with E-state index in [1.54, 1.807) is 6.92 Å². The van der Waals surface area contributed by atoms with Crippen molar-refractivity contribution < 1.29 is 62.8 Å². The predicted octanol–water partition coefficient (Wildman–Crippen LogP) is 1.07. The van der Waals surface area contributed by atoms with Crippen LogP contribution in [0.3, 0.4) is 0 Å². The quantitative estimate of drug-likeness (QED) is 0.0981. The monoisotopic (exact) mass is 656 g/mol. The van der Waals surface area contributed by atoms with Gasteiger partial charge in [-0.05, 0) is 32.0 Å². The Kier molecular flexibility index (Phi) is 7.76. The summed E-state index contributed by atoms with van der Waals surface area (Å²) in [4.78, 5) is 26.6. The molecule has 0 amide bonds. The van der Waals surface area contributed by atoms with Gasteiger partial charge >= 0.3 is 11.3 Å². The minimum Gasteiger partial charge on any atom is -0.506 e. The van der Waals surface area contributed by atoms with E-state index >= 15 is 0 Å². The molecule has 0 aliphatic carbocycles. The Bertz CT molecular complexity index is 2090. The molecule has 0 spiro atoms. The molecule has 7 rings (SSSR count). The molecule has 4 unspecified atom stereocenters. The average molecular weight is 657 g/mol. The number of aromatic hydroxyl groups is 1. The second-order valence-corrected chi connectivity index (χ2v) is 11.7. The number of hydrogen-bond acceptors (Lipinski definition) is 15. The summed E-state index contributed by atoms with van der Waals surface area (Å²) in [6.45, 7) is 3.04. The SMILES string of the molecule is COc1ccc2oc(=O)c3c(O)c4cccc(O[C@@H]5OC(C)[C@H](O)[C@H](O)C5O[C@H]5OC(C)[C@H](O)C(OC)[C@H]5O)c4c4oc(=O)c1c2c34. The first-order chi connectivity index (χ1) is 22.5. The molecule has 15 nitrogen and oxygen atoms in total. The van der Waals surface area contributed by atoms with E-state index < -0.39 is 78.4 Å². The highest BCUT2D eigenvalue weighted by atomic mass is 16.8. The van der Waals surface area contributed by atoms with E-state index in [4.69, 9.17) is 37.3 Å². The molecular formula is C32H32O15. The zero-order chi connectivity index (χ0) is 33.5. The Morgan fingerprint density at radius 3 is 2.11 bits per heavy atom. The van der Waals surface area contributed by atoms with Gasteiger partial charge in [0.15, 0.2) is 18.0 Å². The van der Waals surface area contributed by atoms with E-state index in [1.165, 1.54) is 51.5 Å². The number of aliphatic hydroxyl groups excluding tert-OH is 4. The molecule has 2 fully saturated rings. The van der Waals surface area contributed by atoms with E-state index in [-0.39, 0.29) is 55.0 Å². The van der Waals surface area contributed by atoms with Gasteiger partial charge in [-0.1, -0.05) is 12.1 Å². The summed E-state index contributed by atoms with van der Waals surface area (Å²) in [5.41, 5.74) is -1.73. The normalized spacial score (nSPS) is 31.7. The molecule has 2 aliphatic heterocycles. The topological polar surface area (TPSA) is 217 Å². The van der Waals surface area contributed by atoms with Gasteiger partial charge in [0.05, 0.1) is 24.7 Å². The molecule has 250 valence electrons. The van der Waals surface area contributed by atoms with Gasteiger partial charge in [-0.3, -0.25) is 0 Å². The Balaban J connectivity index is 1.39. The lowest BCUT2D eigenvalue weighted by atomic mass is 9.96. The Morgan fingerprint density at radius 2 is 1.38 bits per heavy atom. The van der Waals surface area contributed by atoms with Gasteiger partial charge < -0.3 is 62.8 Å². The molecule has 2 aromatic heterocycles. The smallest absolute Gasteiger partial charge is 0.348 e. The molecule has 3 aromatic carbocycles. The lowest BCUT2D eigenvalue weighted by Crippen LogP contribution is -2.64. The molecule has 0 bridgehead atoms. The first-order valence-electron chi connectivity index (χ1n) is 14.8. The molecule has 2 aliphatic rings. The Labute approximate surface area is 264 Å². The van der Waals surface area contributed by atoms with Gasteiger partial charge in [-0.15, -0.1) is 0 Å². The van der Waals surface area contributed by atoms with Crippen LogP contribution in [0, 0.1) is 0 Å². The van der Waals surface area contributed by atoms with Crippen molar-refractivity contribution in [3.63, 3.8) is 0 Å². The molecule has 10 atom stereocenters. The van der Waals surface area contributed by atoms with Crippen molar-refractivity contribution >= 4 is 43.5 Å². The molecule has 5 aromatic rings. The van der Waals surface area contributed by atoms with Crippen LogP contribution in [-0.4, -0.2) is 101 Å². The minimum absolute atomic E-state index is 0.00170. The maximum Gasteiger partial charge on any atom is 0.348 e. The third-order valence-electron chi connectivity index (χ3n) is 9.00.